The van der Waals surface area contributed by atoms with Gasteiger partial charge in [-0.3, -0.25) is 24.0 Å². The second-order valence-electron chi connectivity index (χ2n) is 7.28. The van der Waals surface area contributed by atoms with Crippen LogP contribution in [0.5, 0.6) is 0 Å². The van der Waals surface area contributed by atoms with Gasteiger partial charge in [0, 0.05) is 19.5 Å². The van der Waals surface area contributed by atoms with E-state index in [0.29, 0.717) is 17.2 Å². The third kappa shape index (κ3) is 5.52. The summed E-state index contributed by atoms with van der Waals surface area (Å²) in [5, 5.41) is 20.2. The van der Waals surface area contributed by atoms with Crippen molar-refractivity contribution in [1.29, 1.82) is 0 Å². The number of aromatic nitrogens is 2. The quantitative estimate of drug-likeness (QED) is 0.325. The molecule has 0 amide bonds. The van der Waals surface area contributed by atoms with Gasteiger partial charge in [-0.2, -0.15) is 4.39 Å². The topological polar surface area (TPSA) is 143 Å². The van der Waals surface area contributed by atoms with Gasteiger partial charge < -0.3 is 24.4 Å². The molecule has 1 aromatic rings. The Kier molecular flexibility index (Phi) is 7.72. The summed E-state index contributed by atoms with van der Waals surface area (Å²) in [5.74, 6) is -1.72. The van der Waals surface area contributed by atoms with Gasteiger partial charge in [-0.05, 0) is 19.4 Å². The number of nitrogens with zero attached hydrogens (tertiary/aromatic N) is 2. The van der Waals surface area contributed by atoms with Crippen LogP contribution in [0.4, 0.5) is 4.39 Å². The second kappa shape index (κ2) is 10.3. The third-order valence-corrected chi connectivity index (χ3v) is 5.15. The van der Waals surface area contributed by atoms with Crippen molar-refractivity contribution in [2.45, 2.75) is 43.8 Å². The Balaban J connectivity index is 1.44. The van der Waals surface area contributed by atoms with E-state index in [2.05, 4.69) is 4.90 Å². The molecule has 0 aromatic carbocycles. The smallest absolute Gasteiger partial charge is 0.330 e. The van der Waals surface area contributed by atoms with Gasteiger partial charge in [0.1, 0.15) is 24.9 Å². The summed E-state index contributed by atoms with van der Waals surface area (Å²) < 4.78 is 29.9. The van der Waals surface area contributed by atoms with E-state index in [1.165, 1.54) is 0 Å². The molecule has 0 aliphatic carbocycles. The maximum Gasteiger partial charge on any atom is 0.330 e. The molecule has 2 aliphatic heterocycles. The van der Waals surface area contributed by atoms with E-state index in [0.717, 1.165) is 39.3 Å². The third-order valence-electron chi connectivity index (χ3n) is 5.15. The predicted molar refractivity (Wildman–Crippen MR) is 99.3 cm³/mol. The Morgan fingerprint density at radius 3 is 2.70 bits per heavy atom. The number of esters is 1. The SMILES string of the molecule is O=C(CCCCN1CCOCC1)OC[C@@H]1O[C@H](n2cc(F)c(=O)[nH]c2=O)C(O)C1O. The molecule has 3 heterocycles. The molecule has 2 saturated heterocycles. The van der Waals surface area contributed by atoms with Crippen LogP contribution in [-0.4, -0.2) is 88.4 Å². The van der Waals surface area contributed by atoms with E-state index in [1.807, 2.05) is 0 Å². The second-order valence-corrected chi connectivity index (χ2v) is 7.28. The van der Waals surface area contributed by atoms with Crippen LogP contribution in [0.3, 0.4) is 0 Å². The number of morpholine rings is 1. The highest BCUT2D eigenvalue weighted by Crippen LogP contribution is 2.28. The van der Waals surface area contributed by atoms with Crippen molar-refractivity contribution in [3.05, 3.63) is 32.9 Å². The van der Waals surface area contributed by atoms with E-state index in [4.69, 9.17) is 14.2 Å². The number of aliphatic hydroxyl groups is 2. The van der Waals surface area contributed by atoms with Crippen LogP contribution in [0.1, 0.15) is 25.5 Å². The first-order valence-electron chi connectivity index (χ1n) is 9.85. The Labute approximate surface area is 171 Å². The maximum atomic E-state index is 13.5. The molecule has 30 heavy (non-hydrogen) atoms. The lowest BCUT2D eigenvalue weighted by atomic mass is 10.1. The van der Waals surface area contributed by atoms with Gasteiger partial charge in [0.2, 0.25) is 5.82 Å². The summed E-state index contributed by atoms with van der Waals surface area (Å²) in [5.41, 5.74) is -2.21. The number of aromatic amines is 1. The number of H-pyrrole nitrogens is 1. The summed E-state index contributed by atoms with van der Waals surface area (Å²) in [7, 11) is 0. The Morgan fingerprint density at radius 2 is 1.97 bits per heavy atom. The van der Waals surface area contributed by atoms with Crippen LogP contribution in [0.2, 0.25) is 0 Å². The molecule has 12 heteroatoms. The van der Waals surface area contributed by atoms with E-state index in [9.17, 15) is 29.0 Å². The molecule has 3 rings (SSSR count). The van der Waals surface area contributed by atoms with Crippen molar-refractivity contribution in [3.63, 3.8) is 0 Å². The van der Waals surface area contributed by atoms with Crippen LogP contribution < -0.4 is 11.2 Å². The zero-order chi connectivity index (χ0) is 21.7. The van der Waals surface area contributed by atoms with Gasteiger partial charge in [0.15, 0.2) is 6.23 Å². The highest BCUT2D eigenvalue weighted by Gasteiger charge is 2.44. The zero-order valence-electron chi connectivity index (χ0n) is 16.4. The van der Waals surface area contributed by atoms with E-state index < -0.39 is 47.6 Å². The summed E-state index contributed by atoms with van der Waals surface area (Å²) >= 11 is 0. The molecule has 0 radical (unpaired) electrons. The average molecular weight is 431 g/mol. The van der Waals surface area contributed by atoms with Crippen LogP contribution in [-0.2, 0) is 19.0 Å². The monoisotopic (exact) mass is 431 g/mol. The number of hydrogen-bond acceptors (Lipinski definition) is 9. The number of ether oxygens (including phenoxy) is 3. The summed E-state index contributed by atoms with van der Waals surface area (Å²) in [6.45, 7) is 3.74. The lowest BCUT2D eigenvalue weighted by Gasteiger charge is -2.26. The van der Waals surface area contributed by atoms with Gasteiger partial charge in [-0.25, -0.2) is 4.79 Å². The van der Waals surface area contributed by atoms with Crippen molar-refractivity contribution >= 4 is 5.97 Å². The molecule has 2 unspecified atom stereocenters. The van der Waals surface area contributed by atoms with Crippen LogP contribution >= 0.6 is 0 Å². The van der Waals surface area contributed by atoms with Gasteiger partial charge in [-0.1, -0.05) is 0 Å². The van der Waals surface area contributed by atoms with Crippen LogP contribution in [0.25, 0.3) is 0 Å². The zero-order valence-corrected chi connectivity index (χ0v) is 16.4. The Hall–Kier alpha value is -2.12. The minimum atomic E-state index is -1.58. The van der Waals surface area contributed by atoms with Crippen LogP contribution in [0, 0.1) is 5.82 Å². The molecule has 11 nitrogen and oxygen atoms in total. The highest BCUT2D eigenvalue weighted by molar-refractivity contribution is 5.69. The first-order chi connectivity index (χ1) is 14.4. The minimum absolute atomic E-state index is 0.198. The van der Waals surface area contributed by atoms with Crippen molar-refractivity contribution in [1.82, 2.24) is 14.5 Å². The van der Waals surface area contributed by atoms with Crippen LogP contribution in [0.15, 0.2) is 15.8 Å². The number of carbonyl (C=O) groups excluding carboxylic acids is 1. The van der Waals surface area contributed by atoms with E-state index >= 15 is 0 Å². The van der Waals surface area contributed by atoms with Gasteiger partial charge in [-0.15, -0.1) is 0 Å². The number of rotatable bonds is 8. The van der Waals surface area contributed by atoms with E-state index in [1.54, 1.807) is 4.98 Å². The lowest BCUT2D eigenvalue weighted by molar-refractivity contribution is -0.150. The molecule has 1 aromatic heterocycles. The van der Waals surface area contributed by atoms with Crippen molar-refractivity contribution in [2.24, 2.45) is 0 Å². The normalized spacial score (nSPS) is 27.3. The predicted octanol–water partition coefficient (Wildman–Crippen LogP) is -1.66. The molecule has 0 spiro atoms. The molecular weight excluding hydrogens is 405 g/mol. The number of unbranched alkanes of at least 4 members (excludes halogenated alkanes) is 1. The van der Waals surface area contributed by atoms with Gasteiger partial charge in [0.25, 0.3) is 5.56 Å². The number of halogens is 1. The number of nitrogens with one attached hydrogen (secondary N) is 1. The number of aliphatic hydroxyl groups excluding tert-OH is 2. The molecule has 2 aliphatic rings. The highest BCUT2D eigenvalue weighted by atomic mass is 19.1. The van der Waals surface area contributed by atoms with Crippen molar-refractivity contribution in [3.8, 4) is 0 Å². The minimum Gasteiger partial charge on any atom is -0.463 e. The molecule has 3 N–H and O–H groups in total. The van der Waals surface area contributed by atoms with Gasteiger partial charge in [0.05, 0.1) is 19.4 Å². The molecule has 0 saturated carbocycles. The number of hydrogen-bond donors (Lipinski definition) is 3. The van der Waals surface area contributed by atoms with E-state index in [-0.39, 0.29) is 13.0 Å². The van der Waals surface area contributed by atoms with Crippen molar-refractivity contribution in [2.75, 3.05) is 39.5 Å². The molecule has 4 atom stereocenters. The average Bonchev–Trinajstić information content (AvgIpc) is 3.01. The fourth-order valence-electron chi connectivity index (χ4n) is 3.42. The molecule has 2 fully saturated rings. The lowest BCUT2D eigenvalue weighted by Crippen LogP contribution is -2.38. The van der Waals surface area contributed by atoms with Gasteiger partial charge >= 0.3 is 11.7 Å². The summed E-state index contributed by atoms with van der Waals surface area (Å²) in [6.07, 6.45) is -3.33. The molecule has 168 valence electrons. The summed E-state index contributed by atoms with van der Waals surface area (Å²) in [6, 6.07) is 0. The summed E-state index contributed by atoms with van der Waals surface area (Å²) in [4.78, 5) is 38.9. The largest absolute Gasteiger partial charge is 0.463 e. The fourth-order valence-corrected chi connectivity index (χ4v) is 3.42. The maximum absolute atomic E-state index is 13.5. The standard InChI is InChI=1S/C18H26FN3O8/c19-11-9-22(18(27)20-16(11)26)17-15(25)14(24)12(30-17)10-29-13(23)3-1-2-4-21-5-7-28-8-6-21/h9,12,14-15,17,24-25H,1-8,10H2,(H,20,26,27)/t12-,14?,15?,17-/m0/s1. The number of carbonyl (C=O) groups is 1. The fraction of sp³-hybridized carbons (Fsp3) is 0.722. The first kappa shape index (κ1) is 22.6. The Morgan fingerprint density at radius 1 is 1.23 bits per heavy atom. The molecule has 0 bridgehead atoms. The van der Waals surface area contributed by atoms with Crippen molar-refractivity contribution < 1.29 is 33.6 Å². The molecular formula is C18H26FN3O8. The Bertz CT molecular complexity index is 837. The first-order valence-corrected chi connectivity index (χ1v) is 9.85.